The lowest BCUT2D eigenvalue weighted by Gasteiger charge is -2.17. The Labute approximate surface area is 170 Å². The van der Waals surface area contributed by atoms with Crippen LogP contribution in [0, 0.1) is 0 Å². The number of ether oxygens (including phenoxy) is 1. The van der Waals surface area contributed by atoms with Crippen molar-refractivity contribution in [3.8, 4) is 0 Å². The van der Waals surface area contributed by atoms with E-state index in [1.165, 1.54) is 17.8 Å². The summed E-state index contributed by atoms with van der Waals surface area (Å²) < 4.78 is 6.23. The lowest BCUT2D eigenvalue weighted by Crippen LogP contribution is -2.22. The molecule has 0 amide bonds. The van der Waals surface area contributed by atoms with Crippen molar-refractivity contribution in [2.75, 3.05) is 0 Å². The zero-order chi connectivity index (χ0) is 18.6. The van der Waals surface area contributed by atoms with E-state index in [2.05, 4.69) is 15.9 Å². The molecule has 0 aliphatic rings. The highest BCUT2D eigenvalue weighted by molar-refractivity contribution is 9.10. The molecule has 0 aliphatic heterocycles. The summed E-state index contributed by atoms with van der Waals surface area (Å²) in [6.07, 6.45) is 2.96. The third-order valence-electron chi connectivity index (χ3n) is 2.91. The first-order valence-corrected chi connectivity index (χ1v) is 9.85. The van der Waals surface area contributed by atoms with Gasteiger partial charge in [0.05, 0.1) is 10.0 Å². The van der Waals surface area contributed by atoms with E-state index in [0.29, 0.717) is 15.6 Å². The zero-order valence-corrected chi connectivity index (χ0v) is 17.9. The summed E-state index contributed by atoms with van der Waals surface area (Å²) in [6.45, 7) is 5.45. The largest absolute Gasteiger partial charge is 0.457 e. The van der Waals surface area contributed by atoms with Gasteiger partial charge in [0.2, 0.25) is 0 Å². The second kappa shape index (κ2) is 8.63. The third kappa shape index (κ3) is 6.37. The van der Waals surface area contributed by atoms with E-state index in [1.807, 2.05) is 57.2 Å². The molecular formula is C19H17BrCl2O2S. The summed E-state index contributed by atoms with van der Waals surface area (Å²) in [5.41, 5.74) is 0.129. The summed E-state index contributed by atoms with van der Waals surface area (Å²) in [4.78, 5) is 13.7. The van der Waals surface area contributed by atoms with Crippen LogP contribution in [0.5, 0.6) is 0 Å². The molecule has 2 nitrogen and oxygen atoms in total. The number of hydrogen-bond acceptors (Lipinski definition) is 3. The molecular weight excluding hydrogens is 443 g/mol. The predicted molar refractivity (Wildman–Crippen MR) is 110 cm³/mol. The summed E-state index contributed by atoms with van der Waals surface area (Å²) >= 11 is 17.7. The van der Waals surface area contributed by atoms with Gasteiger partial charge in [0.25, 0.3) is 0 Å². The van der Waals surface area contributed by atoms with E-state index in [9.17, 15) is 4.79 Å². The van der Waals surface area contributed by atoms with Crippen molar-refractivity contribution < 1.29 is 9.53 Å². The quantitative estimate of drug-likeness (QED) is 0.355. The van der Waals surface area contributed by atoms with Crippen LogP contribution in [0.1, 0.15) is 26.3 Å². The van der Waals surface area contributed by atoms with Gasteiger partial charge in [0.1, 0.15) is 5.60 Å². The summed E-state index contributed by atoms with van der Waals surface area (Å²) in [5.74, 6) is -0.424. The van der Waals surface area contributed by atoms with Gasteiger partial charge in [-0.25, -0.2) is 4.79 Å². The van der Waals surface area contributed by atoms with Crippen LogP contribution in [-0.4, -0.2) is 11.6 Å². The Morgan fingerprint density at radius 3 is 2.52 bits per heavy atom. The minimum Gasteiger partial charge on any atom is -0.457 e. The number of halogens is 3. The first kappa shape index (κ1) is 20.4. The molecule has 0 aromatic heterocycles. The molecule has 2 aromatic carbocycles. The molecule has 132 valence electrons. The number of esters is 1. The van der Waals surface area contributed by atoms with Gasteiger partial charge in [-0.1, -0.05) is 63.0 Å². The van der Waals surface area contributed by atoms with Crippen LogP contribution in [0.15, 0.2) is 56.7 Å². The van der Waals surface area contributed by atoms with Gasteiger partial charge in [-0.15, -0.1) is 0 Å². The molecule has 0 unspecified atom stereocenters. The second-order valence-electron chi connectivity index (χ2n) is 6.21. The van der Waals surface area contributed by atoms with Crippen LogP contribution in [0.3, 0.4) is 0 Å². The SMILES string of the molecule is CC(C)(C)OC(=O)/C=C/c1ccc(Sc2cccc(Br)c2)c(Cl)c1Cl. The van der Waals surface area contributed by atoms with Crippen molar-refractivity contribution in [2.45, 2.75) is 36.2 Å². The van der Waals surface area contributed by atoms with Crippen molar-refractivity contribution in [1.29, 1.82) is 0 Å². The molecule has 0 atom stereocenters. The molecule has 0 heterocycles. The van der Waals surface area contributed by atoms with Crippen LogP contribution >= 0.6 is 50.9 Å². The number of hydrogen-bond donors (Lipinski definition) is 0. The van der Waals surface area contributed by atoms with E-state index < -0.39 is 11.6 Å². The highest BCUT2D eigenvalue weighted by Crippen LogP contribution is 2.39. The molecule has 0 spiro atoms. The summed E-state index contributed by atoms with van der Waals surface area (Å²) in [5, 5.41) is 0.861. The highest BCUT2D eigenvalue weighted by Gasteiger charge is 2.15. The molecule has 0 aliphatic carbocycles. The Morgan fingerprint density at radius 2 is 1.88 bits per heavy atom. The van der Waals surface area contributed by atoms with Gasteiger partial charge in [-0.05, 0) is 56.7 Å². The van der Waals surface area contributed by atoms with Gasteiger partial charge in [0.15, 0.2) is 0 Å². The van der Waals surface area contributed by atoms with Crippen molar-refractivity contribution in [3.05, 3.63) is 62.6 Å². The lowest BCUT2D eigenvalue weighted by atomic mass is 10.2. The topological polar surface area (TPSA) is 26.3 Å². The van der Waals surface area contributed by atoms with E-state index in [4.69, 9.17) is 27.9 Å². The Kier molecular flexibility index (Phi) is 7.03. The molecule has 2 aromatic rings. The standard InChI is InChI=1S/C19H17BrCl2O2S/c1-19(2,3)24-16(23)10-8-12-7-9-15(18(22)17(12)21)25-14-6-4-5-13(20)11-14/h4-11H,1-3H3/b10-8+. The Bertz CT molecular complexity index is 814. The first-order chi connectivity index (χ1) is 11.7. The normalized spacial score (nSPS) is 11.8. The van der Waals surface area contributed by atoms with E-state index in [1.54, 1.807) is 6.08 Å². The van der Waals surface area contributed by atoms with Crippen LogP contribution in [0.2, 0.25) is 10.0 Å². The molecule has 6 heteroatoms. The maximum Gasteiger partial charge on any atom is 0.331 e. The fourth-order valence-electron chi connectivity index (χ4n) is 1.91. The van der Waals surface area contributed by atoms with Crippen LogP contribution in [0.25, 0.3) is 6.08 Å². The number of carbonyl (C=O) groups is 1. The van der Waals surface area contributed by atoms with Crippen LogP contribution < -0.4 is 0 Å². The fraction of sp³-hybridized carbons (Fsp3) is 0.211. The average molecular weight is 460 g/mol. The van der Waals surface area contributed by atoms with Gasteiger partial charge >= 0.3 is 5.97 Å². The number of rotatable bonds is 4. The molecule has 25 heavy (non-hydrogen) atoms. The lowest BCUT2D eigenvalue weighted by molar-refractivity contribution is -0.148. The monoisotopic (exact) mass is 458 g/mol. The van der Waals surface area contributed by atoms with E-state index in [0.717, 1.165) is 14.3 Å². The molecule has 0 saturated heterocycles. The third-order valence-corrected chi connectivity index (χ3v) is 5.46. The first-order valence-electron chi connectivity index (χ1n) is 7.48. The van der Waals surface area contributed by atoms with Gasteiger partial charge in [0, 0.05) is 20.3 Å². The minimum atomic E-state index is -0.534. The maximum absolute atomic E-state index is 11.8. The smallest absolute Gasteiger partial charge is 0.331 e. The van der Waals surface area contributed by atoms with Crippen molar-refractivity contribution in [3.63, 3.8) is 0 Å². The Balaban J connectivity index is 2.18. The van der Waals surface area contributed by atoms with Gasteiger partial charge in [-0.2, -0.15) is 0 Å². The van der Waals surface area contributed by atoms with E-state index in [-0.39, 0.29) is 0 Å². The summed E-state index contributed by atoms with van der Waals surface area (Å²) in [7, 11) is 0. The maximum atomic E-state index is 11.8. The van der Waals surface area contributed by atoms with E-state index >= 15 is 0 Å². The molecule has 2 rings (SSSR count). The zero-order valence-electron chi connectivity index (χ0n) is 14.0. The highest BCUT2D eigenvalue weighted by atomic mass is 79.9. The predicted octanol–water partition coefficient (Wildman–Crippen LogP) is 7.26. The van der Waals surface area contributed by atoms with Crippen molar-refractivity contribution >= 4 is 62.9 Å². The second-order valence-corrected chi connectivity index (χ2v) is 8.99. The molecule has 0 N–H and O–H groups in total. The van der Waals surface area contributed by atoms with Gasteiger partial charge < -0.3 is 4.74 Å². The number of carbonyl (C=O) groups excluding carboxylic acids is 1. The average Bonchev–Trinajstić information content (AvgIpc) is 2.49. The van der Waals surface area contributed by atoms with Crippen LogP contribution in [0.4, 0.5) is 0 Å². The number of benzene rings is 2. The summed E-state index contributed by atoms with van der Waals surface area (Å²) in [6, 6.07) is 11.6. The Morgan fingerprint density at radius 1 is 1.16 bits per heavy atom. The molecule has 0 fully saturated rings. The van der Waals surface area contributed by atoms with Crippen molar-refractivity contribution in [1.82, 2.24) is 0 Å². The molecule has 0 bridgehead atoms. The minimum absolute atomic E-state index is 0.404. The van der Waals surface area contributed by atoms with Gasteiger partial charge in [-0.3, -0.25) is 0 Å². The molecule has 0 saturated carbocycles. The van der Waals surface area contributed by atoms with Crippen molar-refractivity contribution in [2.24, 2.45) is 0 Å². The fourth-order valence-corrected chi connectivity index (χ4v) is 3.94. The molecule has 0 radical (unpaired) electrons. The Hall–Kier alpha value is -0.940. The van der Waals surface area contributed by atoms with Crippen LogP contribution in [-0.2, 0) is 9.53 Å².